The predicted molar refractivity (Wildman–Crippen MR) is 57.6 cm³/mol. The van der Waals surface area contributed by atoms with Crippen LogP contribution in [0.2, 0.25) is 0 Å². The van der Waals surface area contributed by atoms with Crippen molar-refractivity contribution >= 4 is 5.95 Å². The highest BCUT2D eigenvalue weighted by Gasteiger charge is 2.23. The lowest BCUT2D eigenvalue weighted by molar-refractivity contribution is 0.274. The molecular weight excluding hydrogens is 176 g/mol. The molecule has 0 amide bonds. The highest BCUT2D eigenvalue weighted by atomic mass is 15.3. The number of imidazole rings is 1. The minimum absolute atomic E-state index is 0.541. The van der Waals surface area contributed by atoms with Crippen molar-refractivity contribution < 1.29 is 0 Å². The molecule has 78 valence electrons. The summed E-state index contributed by atoms with van der Waals surface area (Å²) in [6.07, 6.45) is 1.89. The van der Waals surface area contributed by atoms with Crippen LogP contribution in [-0.2, 0) is 0 Å². The number of rotatable bonds is 1. The molecule has 1 aliphatic heterocycles. The van der Waals surface area contributed by atoms with E-state index in [9.17, 15) is 0 Å². The molecule has 2 rings (SSSR count). The molecule has 0 bridgehead atoms. The molecule has 14 heavy (non-hydrogen) atoms. The summed E-state index contributed by atoms with van der Waals surface area (Å²) in [4.78, 5) is 12.4. The molecular formula is C10H18N4. The normalized spacial score (nSPS) is 24.2. The molecule has 1 fully saturated rings. The average Bonchev–Trinajstić information content (AvgIpc) is 2.51. The van der Waals surface area contributed by atoms with Crippen LogP contribution in [0.4, 0.5) is 5.95 Å². The maximum absolute atomic E-state index is 4.37. The van der Waals surface area contributed by atoms with Crippen LogP contribution in [0.25, 0.3) is 0 Å². The summed E-state index contributed by atoms with van der Waals surface area (Å²) in [6.45, 7) is 7.57. The molecule has 0 spiro atoms. The molecule has 1 saturated heterocycles. The molecule has 0 radical (unpaired) electrons. The van der Waals surface area contributed by atoms with Crippen LogP contribution in [0.5, 0.6) is 0 Å². The first-order valence-corrected chi connectivity index (χ1v) is 5.13. The molecule has 0 saturated carbocycles. The summed E-state index contributed by atoms with van der Waals surface area (Å²) in [5.74, 6) is 1.02. The minimum Gasteiger partial charge on any atom is -0.337 e. The second kappa shape index (κ2) is 3.61. The van der Waals surface area contributed by atoms with Crippen LogP contribution < -0.4 is 4.90 Å². The molecule has 1 aromatic heterocycles. The Morgan fingerprint density at radius 3 is 2.86 bits per heavy atom. The first-order valence-electron chi connectivity index (χ1n) is 5.13. The fraction of sp³-hybridized carbons (Fsp3) is 0.700. The van der Waals surface area contributed by atoms with Gasteiger partial charge in [-0.15, -0.1) is 0 Å². The van der Waals surface area contributed by atoms with Gasteiger partial charge in [0.1, 0.15) is 0 Å². The van der Waals surface area contributed by atoms with Crippen molar-refractivity contribution in [3.63, 3.8) is 0 Å². The number of hydrogen-bond donors (Lipinski definition) is 1. The van der Waals surface area contributed by atoms with Crippen LogP contribution in [0.15, 0.2) is 6.20 Å². The van der Waals surface area contributed by atoms with Crippen molar-refractivity contribution in [3.8, 4) is 0 Å². The molecule has 1 N–H and O–H groups in total. The number of nitrogens with one attached hydrogen (secondary N) is 1. The third kappa shape index (κ3) is 1.75. The fourth-order valence-electron chi connectivity index (χ4n) is 2.00. The topological polar surface area (TPSA) is 35.2 Å². The predicted octanol–water partition coefficient (Wildman–Crippen LogP) is 0.858. The Kier molecular flexibility index (Phi) is 2.46. The molecule has 1 aliphatic rings. The van der Waals surface area contributed by atoms with E-state index in [0.717, 1.165) is 31.3 Å². The summed E-state index contributed by atoms with van der Waals surface area (Å²) >= 11 is 0. The Morgan fingerprint density at radius 2 is 2.29 bits per heavy atom. The number of likely N-dealkylation sites (N-methyl/N-ethyl adjacent to an activating group) is 1. The smallest absolute Gasteiger partial charge is 0.203 e. The van der Waals surface area contributed by atoms with Crippen LogP contribution in [0, 0.1) is 6.92 Å². The van der Waals surface area contributed by atoms with E-state index in [1.165, 1.54) is 0 Å². The van der Waals surface area contributed by atoms with Crippen molar-refractivity contribution in [2.45, 2.75) is 19.9 Å². The van der Waals surface area contributed by atoms with Gasteiger partial charge in [0, 0.05) is 37.6 Å². The van der Waals surface area contributed by atoms with Gasteiger partial charge < -0.3 is 14.8 Å². The monoisotopic (exact) mass is 194 g/mol. The van der Waals surface area contributed by atoms with Gasteiger partial charge in [-0.3, -0.25) is 0 Å². The van der Waals surface area contributed by atoms with E-state index in [2.05, 4.69) is 33.7 Å². The molecule has 1 unspecified atom stereocenters. The Bertz CT molecular complexity index is 307. The van der Waals surface area contributed by atoms with Crippen molar-refractivity contribution in [2.75, 3.05) is 31.6 Å². The first kappa shape index (κ1) is 9.52. The van der Waals surface area contributed by atoms with Crippen LogP contribution >= 0.6 is 0 Å². The molecule has 4 heteroatoms. The third-order valence-electron chi connectivity index (χ3n) is 2.79. The zero-order valence-electron chi connectivity index (χ0n) is 9.12. The number of anilines is 1. The molecule has 1 atom stereocenters. The number of aryl methyl sites for hydroxylation is 1. The molecule has 0 aliphatic carbocycles. The van der Waals surface area contributed by atoms with Crippen molar-refractivity contribution in [2.24, 2.45) is 0 Å². The number of hydrogen-bond acceptors (Lipinski definition) is 3. The van der Waals surface area contributed by atoms with Gasteiger partial charge in [0.2, 0.25) is 5.95 Å². The molecule has 0 aromatic carbocycles. The number of aromatic nitrogens is 2. The minimum atomic E-state index is 0.541. The van der Waals surface area contributed by atoms with Gasteiger partial charge in [-0.2, -0.15) is 0 Å². The lowest BCUT2D eigenvalue weighted by Gasteiger charge is -2.38. The van der Waals surface area contributed by atoms with E-state index in [-0.39, 0.29) is 0 Å². The maximum atomic E-state index is 4.37. The highest BCUT2D eigenvalue weighted by molar-refractivity contribution is 5.33. The zero-order valence-corrected chi connectivity index (χ0v) is 9.12. The Balaban J connectivity index is 2.11. The Hall–Kier alpha value is -1.03. The van der Waals surface area contributed by atoms with Gasteiger partial charge in [0.15, 0.2) is 0 Å². The average molecular weight is 194 g/mol. The summed E-state index contributed by atoms with van der Waals surface area (Å²) in [7, 11) is 2.17. The van der Waals surface area contributed by atoms with Crippen molar-refractivity contribution in [3.05, 3.63) is 11.9 Å². The lowest BCUT2D eigenvalue weighted by Crippen LogP contribution is -2.50. The number of nitrogens with zero attached hydrogens (tertiary/aromatic N) is 3. The summed E-state index contributed by atoms with van der Waals surface area (Å²) in [6, 6.07) is 0.541. The Morgan fingerprint density at radius 1 is 1.50 bits per heavy atom. The van der Waals surface area contributed by atoms with E-state index < -0.39 is 0 Å². The van der Waals surface area contributed by atoms with Gasteiger partial charge in [0.25, 0.3) is 0 Å². The first-order chi connectivity index (χ1) is 6.66. The van der Waals surface area contributed by atoms with Crippen molar-refractivity contribution in [1.82, 2.24) is 14.9 Å². The number of H-pyrrole nitrogens is 1. The quantitative estimate of drug-likeness (QED) is 0.720. The molecule has 2 heterocycles. The summed E-state index contributed by atoms with van der Waals surface area (Å²) in [5, 5.41) is 0. The lowest BCUT2D eigenvalue weighted by atomic mass is 10.2. The summed E-state index contributed by atoms with van der Waals surface area (Å²) in [5.41, 5.74) is 1.13. The van der Waals surface area contributed by atoms with Crippen molar-refractivity contribution in [1.29, 1.82) is 0 Å². The van der Waals surface area contributed by atoms with Gasteiger partial charge in [-0.25, -0.2) is 4.98 Å². The van der Waals surface area contributed by atoms with E-state index >= 15 is 0 Å². The molecule has 4 nitrogen and oxygen atoms in total. The maximum Gasteiger partial charge on any atom is 0.203 e. The zero-order chi connectivity index (χ0) is 10.1. The number of aromatic amines is 1. The van der Waals surface area contributed by atoms with E-state index in [1.54, 1.807) is 0 Å². The highest BCUT2D eigenvalue weighted by Crippen LogP contribution is 2.15. The fourth-order valence-corrected chi connectivity index (χ4v) is 2.00. The third-order valence-corrected chi connectivity index (χ3v) is 2.79. The second-order valence-electron chi connectivity index (χ2n) is 4.19. The second-order valence-corrected chi connectivity index (χ2v) is 4.19. The van der Waals surface area contributed by atoms with Crippen LogP contribution in [0.3, 0.4) is 0 Å². The van der Waals surface area contributed by atoms with Gasteiger partial charge in [-0.05, 0) is 20.9 Å². The van der Waals surface area contributed by atoms with Gasteiger partial charge in [0.05, 0.1) is 0 Å². The Labute approximate surface area is 84.9 Å². The van der Waals surface area contributed by atoms with E-state index in [1.807, 2.05) is 13.1 Å². The summed E-state index contributed by atoms with van der Waals surface area (Å²) < 4.78 is 0. The standard InChI is InChI=1S/C10H18N4/c1-8-6-11-10(12-8)14-5-4-13(3)7-9(14)2/h6,9H,4-5,7H2,1-3H3,(H,11,12). The van der Waals surface area contributed by atoms with Crippen LogP contribution in [0.1, 0.15) is 12.6 Å². The molecule has 1 aromatic rings. The SMILES string of the molecule is Cc1cnc(N2CCN(C)CC2C)[nH]1. The van der Waals surface area contributed by atoms with Gasteiger partial charge in [-0.1, -0.05) is 0 Å². The van der Waals surface area contributed by atoms with Gasteiger partial charge >= 0.3 is 0 Å². The van der Waals surface area contributed by atoms with E-state index in [0.29, 0.717) is 6.04 Å². The van der Waals surface area contributed by atoms with E-state index in [4.69, 9.17) is 0 Å². The number of piperazine rings is 1. The largest absolute Gasteiger partial charge is 0.337 e. The van der Waals surface area contributed by atoms with Crippen LogP contribution in [-0.4, -0.2) is 47.6 Å².